The second-order valence-electron chi connectivity index (χ2n) is 12.8. The van der Waals surface area contributed by atoms with Crippen LogP contribution in [-0.4, -0.2) is 0 Å². The molecule has 3 aromatic carbocycles. The van der Waals surface area contributed by atoms with E-state index in [0.717, 1.165) is 133 Å². The molecule has 0 aromatic heterocycles. The molecule has 254 valence electrons. The Bertz CT molecular complexity index is 1040. The van der Waals surface area contributed by atoms with Crippen molar-refractivity contribution in [1.29, 1.82) is 0 Å². The van der Waals surface area contributed by atoms with E-state index in [0.29, 0.717) is 0 Å². The number of benzene rings is 3. The Morgan fingerprint density at radius 3 is 0.717 bits per heavy atom. The van der Waals surface area contributed by atoms with Gasteiger partial charge in [0.1, 0.15) is 17.2 Å². The van der Waals surface area contributed by atoms with Gasteiger partial charge in [0.15, 0.2) is 0 Å². The smallest absolute Gasteiger partial charge is 0.408 e. The number of hydrogen-bond acceptors (Lipinski definition) is 3. The van der Waals surface area contributed by atoms with Crippen LogP contribution in [0.4, 0.5) is 0 Å². The van der Waals surface area contributed by atoms with Gasteiger partial charge in [0.05, 0.1) is 0 Å². The van der Waals surface area contributed by atoms with Gasteiger partial charge in [0, 0.05) is 0 Å². The Labute approximate surface area is 283 Å². The highest BCUT2D eigenvalue weighted by molar-refractivity contribution is 7.43. The first kappa shape index (κ1) is 37.9. The number of aryl methyl sites for hydroxylation is 6. The molecule has 0 N–H and O–H groups in total. The number of rotatable bonds is 24. The Hall–Kier alpha value is -2.51. The van der Waals surface area contributed by atoms with Crippen LogP contribution < -0.4 is 13.6 Å². The highest BCUT2D eigenvalue weighted by Gasteiger charge is 2.28. The standard InChI is InChI=1S/C42H63O3P/c1-7-13-22-34-28-19-29-35(23-14-8-2)40(34)43-46(44-41-36(24-15-9-3)30-20-31-37(41)25-16-10-4)45-42-38(26-17-11-5)32-21-33-39(42)27-18-12-6/h19-21,28-33H,7-18,22-27H2,1-6H3. The molecule has 46 heavy (non-hydrogen) atoms. The minimum Gasteiger partial charge on any atom is -0.408 e. The molecule has 0 amide bonds. The zero-order chi connectivity index (χ0) is 33.0. The van der Waals surface area contributed by atoms with E-state index in [1.807, 2.05) is 0 Å². The van der Waals surface area contributed by atoms with E-state index in [1.165, 1.54) is 33.4 Å². The van der Waals surface area contributed by atoms with Crippen LogP contribution in [0.3, 0.4) is 0 Å². The zero-order valence-electron chi connectivity index (χ0n) is 30.1. The summed E-state index contributed by atoms with van der Waals surface area (Å²) in [5.74, 6) is 2.95. The summed E-state index contributed by atoms with van der Waals surface area (Å²) in [6.45, 7) is 13.6. The SMILES string of the molecule is CCCCc1cccc(CCCC)c1OP(Oc1c(CCCC)cccc1CCCC)Oc1c(CCCC)cccc1CCCC. The van der Waals surface area contributed by atoms with Crippen molar-refractivity contribution in [3.63, 3.8) is 0 Å². The molecule has 0 spiro atoms. The van der Waals surface area contributed by atoms with Gasteiger partial charge >= 0.3 is 8.60 Å². The molecule has 0 aliphatic heterocycles. The highest BCUT2D eigenvalue weighted by Crippen LogP contribution is 2.48. The van der Waals surface area contributed by atoms with Crippen molar-refractivity contribution in [3.05, 3.63) is 88.0 Å². The Balaban J connectivity index is 2.17. The summed E-state index contributed by atoms with van der Waals surface area (Å²) in [4.78, 5) is 0. The quantitative estimate of drug-likeness (QED) is 0.0907. The van der Waals surface area contributed by atoms with Crippen molar-refractivity contribution in [2.75, 3.05) is 0 Å². The van der Waals surface area contributed by atoms with Crippen molar-refractivity contribution < 1.29 is 13.6 Å². The number of para-hydroxylation sites is 3. The maximum absolute atomic E-state index is 7.14. The molecule has 0 atom stereocenters. The van der Waals surface area contributed by atoms with Gasteiger partial charge in [0.25, 0.3) is 0 Å². The number of unbranched alkanes of at least 4 members (excludes halogenated alkanes) is 6. The van der Waals surface area contributed by atoms with E-state index in [9.17, 15) is 0 Å². The van der Waals surface area contributed by atoms with E-state index in [1.54, 1.807) is 0 Å². The summed E-state index contributed by atoms with van der Waals surface area (Å²) in [6, 6.07) is 20.1. The highest BCUT2D eigenvalue weighted by atomic mass is 31.2. The molecule has 0 radical (unpaired) electrons. The molecule has 3 nitrogen and oxygen atoms in total. The predicted molar refractivity (Wildman–Crippen MR) is 200 cm³/mol. The molecule has 0 heterocycles. The Morgan fingerprint density at radius 1 is 0.348 bits per heavy atom. The van der Waals surface area contributed by atoms with Gasteiger partial charge in [-0.2, -0.15) is 0 Å². The van der Waals surface area contributed by atoms with Crippen LogP contribution in [-0.2, 0) is 38.5 Å². The number of hydrogen-bond donors (Lipinski definition) is 0. The molecule has 4 heteroatoms. The summed E-state index contributed by atoms with van der Waals surface area (Å²) in [5, 5.41) is 0. The lowest BCUT2D eigenvalue weighted by Gasteiger charge is -2.25. The molecule has 0 bridgehead atoms. The molecule has 0 fully saturated rings. The molecular formula is C42H63O3P. The molecule has 3 aromatic rings. The lowest BCUT2D eigenvalue weighted by molar-refractivity contribution is 0.376. The summed E-state index contributed by atoms with van der Waals surface area (Å²) in [5.41, 5.74) is 7.62. The van der Waals surface area contributed by atoms with E-state index in [-0.39, 0.29) is 0 Å². The molecule has 3 rings (SSSR count). The first-order valence-corrected chi connectivity index (χ1v) is 19.9. The third-order valence-corrected chi connectivity index (χ3v) is 9.82. The molecular weight excluding hydrogens is 583 g/mol. The Kier molecular flexibility index (Phi) is 18.3. The monoisotopic (exact) mass is 646 g/mol. The first-order chi connectivity index (χ1) is 22.6. The van der Waals surface area contributed by atoms with Crippen LogP contribution in [0.5, 0.6) is 17.2 Å². The lowest BCUT2D eigenvalue weighted by atomic mass is 10.0. The second-order valence-corrected chi connectivity index (χ2v) is 13.8. The van der Waals surface area contributed by atoms with Crippen LogP contribution in [0.1, 0.15) is 152 Å². The minimum atomic E-state index is -1.78. The maximum atomic E-state index is 7.14. The van der Waals surface area contributed by atoms with Gasteiger partial charge in [-0.3, -0.25) is 0 Å². The van der Waals surface area contributed by atoms with Crippen molar-refractivity contribution in [2.24, 2.45) is 0 Å². The van der Waals surface area contributed by atoms with Crippen molar-refractivity contribution >= 4 is 8.60 Å². The molecule has 0 aliphatic rings. The fourth-order valence-electron chi connectivity index (χ4n) is 5.93. The van der Waals surface area contributed by atoms with E-state index in [2.05, 4.69) is 96.1 Å². The molecule has 0 saturated carbocycles. The topological polar surface area (TPSA) is 27.7 Å². The van der Waals surface area contributed by atoms with Crippen molar-refractivity contribution in [3.8, 4) is 17.2 Å². The summed E-state index contributed by atoms with van der Waals surface area (Å²) in [6.07, 6.45) is 19.7. The lowest BCUT2D eigenvalue weighted by Crippen LogP contribution is -2.10. The van der Waals surface area contributed by atoms with Crippen molar-refractivity contribution in [2.45, 2.75) is 157 Å². The molecule has 0 saturated heterocycles. The predicted octanol–water partition coefficient (Wildman–Crippen LogP) is 13.5. The Morgan fingerprint density at radius 2 is 0.543 bits per heavy atom. The van der Waals surface area contributed by atoms with Gasteiger partial charge in [-0.1, -0.05) is 135 Å². The molecule has 0 unspecified atom stereocenters. The van der Waals surface area contributed by atoms with Crippen molar-refractivity contribution in [1.82, 2.24) is 0 Å². The van der Waals surface area contributed by atoms with Gasteiger partial charge < -0.3 is 13.6 Å². The van der Waals surface area contributed by atoms with E-state index in [4.69, 9.17) is 13.6 Å². The summed E-state index contributed by atoms with van der Waals surface area (Å²) >= 11 is 0. The third-order valence-electron chi connectivity index (χ3n) is 8.83. The maximum Gasteiger partial charge on any atom is 0.530 e. The van der Waals surface area contributed by atoms with Gasteiger partial charge in [-0.15, -0.1) is 0 Å². The fourth-order valence-corrected chi connectivity index (χ4v) is 7.19. The van der Waals surface area contributed by atoms with Crippen LogP contribution >= 0.6 is 8.60 Å². The third kappa shape index (κ3) is 11.9. The van der Waals surface area contributed by atoms with Crippen LogP contribution in [0.15, 0.2) is 54.6 Å². The summed E-state index contributed by atoms with van der Waals surface area (Å²) in [7, 11) is -1.78. The first-order valence-electron chi connectivity index (χ1n) is 18.8. The average molecular weight is 647 g/mol. The van der Waals surface area contributed by atoms with Crippen LogP contribution in [0, 0.1) is 0 Å². The van der Waals surface area contributed by atoms with Gasteiger partial charge in [-0.25, -0.2) is 0 Å². The minimum absolute atomic E-state index is 0.984. The zero-order valence-corrected chi connectivity index (χ0v) is 31.0. The molecule has 0 aliphatic carbocycles. The van der Waals surface area contributed by atoms with Crippen LogP contribution in [0.2, 0.25) is 0 Å². The van der Waals surface area contributed by atoms with E-state index >= 15 is 0 Å². The largest absolute Gasteiger partial charge is 0.530 e. The second kappa shape index (κ2) is 22.1. The normalized spacial score (nSPS) is 11.3. The van der Waals surface area contributed by atoms with Gasteiger partial charge in [-0.05, 0) is 110 Å². The average Bonchev–Trinajstić information content (AvgIpc) is 3.08. The fraction of sp³-hybridized carbons (Fsp3) is 0.571. The van der Waals surface area contributed by atoms with Crippen LogP contribution in [0.25, 0.3) is 0 Å². The van der Waals surface area contributed by atoms with E-state index < -0.39 is 8.60 Å². The summed E-state index contributed by atoms with van der Waals surface area (Å²) < 4.78 is 21.4. The van der Waals surface area contributed by atoms with Gasteiger partial charge in [0.2, 0.25) is 0 Å².